The molecule has 2 heterocycles. The highest BCUT2D eigenvalue weighted by Gasteiger charge is 2.12. The first-order chi connectivity index (χ1) is 7.75. The lowest BCUT2D eigenvalue weighted by atomic mass is 10.4. The van der Waals surface area contributed by atoms with Gasteiger partial charge < -0.3 is 10.2 Å². The van der Waals surface area contributed by atoms with E-state index in [4.69, 9.17) is 0 Å². The highest BCUT2D eigenvalue weighted by atomic mass is 32.1. The maximum Gasteiger partial charge on any atom is 0.261 e. The summed E-state index contributed by atoms with van der Waals surface area (Å²) in [5, 5.41) is 2.97. The molecule has 88 valence electrons. The molecule has 0 spiro atoms. The Bertz CT molecular complexity index is 356. The van der Waals surface area contributed by atoms with Crippen molar-refractivity contribution >= 4 is 17.2 Å². The lowest BCUT2D eigenvalue weighted by Crippen LogP contribution is -2.33. The molecule has 0 atom stereocenters. The minimum absolute atomic E-state index is 0.0669. The van der Waals surface area contributed by atoms with Crippen LogP contribution < -0.4 is 5.32 Å². The molecule has 1 aromatic rings. The van der Waals surface area contributed by atoms with E-state index in [1.807, 2.05) is 19.1 Å². The molecule has 0 saturated carbocycles. The molecule has 0 aliphatic carbocycles. The molecular weight excluding hydrogens is 220 g/mol. The van der Waals surface area contributed by atoms with Crippen LogP contribution >= 0.6 is 11.3 Å². The molecule has 0 bridgehead atoms. The van der Waals surface area contributed by atoms with Crippen molar-refractivity contribution in [3.8, 4) is 0 Å². The Labute approximate surface area is 100 Å². The van der Waals surface area contributed by atoms with Gasteiger partial charge in [0, 0.05) is 18.0 Å². The van der Waals surface area contributed by atoms with E-state index < -0.39 is 0 Å². The zero-order valence-electron chi connectivity index (χ0n) is 9.66. The van der Waals surface area contributed by atoms with Gasteiger partial charge in [-0.3, -0.25) is 4.79 Å². The minimum Gasteiger partial charge on any atom is -0.350 e. The third kappa shape index (κ3) is 3.06. The first-order valence-corrected chi connectivity index (χ1v) is 6.64. The lowest BCUT2D eigenvalue weighted by molar-refractivity contribution is 0.0954. The van der Waals surface area contributed by atoms with Crippen molar-refractivity contribution < 1.29 is 4.79 Å². The average Bonchev–Trinajstić information content (AvgIpc) is 2.89. The number of nitrogens with one attached hydrogen (secondary N) is 1. The maximum atomic E-state index is 11.7. The van der Waals surface area contributed by atoms with E-state index in [1.165, 1.54) is 30.8 Å². The van der Waals surface area contributed by atoms with Gasteiger partial charge in [-0.2, -0.15) is 0 Å². The van der Waals surface area contributed by atoms with Gasteiger partial charge in [-0.25, -0.2) is 0 Å². The third-order valence-corrected chi connectivity index (χ3v) is 3.88. The lowest BCUT2D eigenvalue weighted by Gasteiger charge is -2.14. The van der Waals surface area contributed by atoms with Crippen molar-refractivity contribution in [3.63, 3.8) is 0 Å². The van der Waals surface area contributed by atoms with E-state index in [0.29, 0.717) is 0 Å². The fourth-order valence-electron chi connectivity index (χ4n) is 1.98. The van der Waals surface area contributed by atoms with E-state index in [1.54, 1.807) is 11.3 Å². The Kier molecular flexibility index (Phi) is 3.96. The number of aryl methyl sites for hydroxylation is 1. The molecule has 16 heavy (non-hydrogen) atoms. The Hall–Kier alpha value is -0.870. The maximum absolute atomic E-state index is 11.7. The topological polar surface area (TPSA) is 32.3 Å². The van der Waals surface area contributed by atoms with Gasteiger partial charge in [0.05, 0.1) is 4.88 Å². The summed E-state index contributed by atoms with van der Waals surface area (Å²) in [6.45, 7) is 6.14. The van der Waals surface area contributed by atoms with Crippen LogP contribution in [-0.4, -0.2) is 37.0 Å². The highest BCUT2D eigenvalue weighted by molar-refractivity contribution is 7.13. The van der Waals surface area contributed by atoms with E-state index in [9.17, 15) is 4.79 Å². The molecule has 0 aromatic carbocycles. The number of thiophene rings is 1. The molecule has 1 amide bonds. The first-order valence-electron chi connectivity index (χ1n) is 5.83. The molecule has 1 N–H and O–H groups in total. The van der Waals surface area contributed by atoms with Gasteiger partial charge in [-0.05, 0) is 45.0 Å². The number of rotatable bonds is 4. The van der Waals surface area contributed by atoms with Gasteiger partial charge >= 0.3 is 0 Å². The number of likely N-dealkylation sites (tertiary alicyclic amines) is 1. The number of carbonyl (C=O) groups excluding carboxylic acids is 1. The summed E-state index contributed by atoms with van der Waals surface area (Å²) < 4.78 is 0. The summed E-state index contributed by atoms with van der Waals surface area (Å²) in [6, 6.07) is 3.88. The first kappa shape index (κ1) is 11.6. The van der Waals surface area contributed by atoms with Crippen LogP contribution in [0.25, 0.3) is 0 Å². The van der Waals surface area contributed by atoms with Crippen molar-refractivity contribution in [2.45, 2.75) is 19.8 Å². The van der Waals surface area contributed by atoms with Crippen molar-refractivity contribution in [2.24, 2.45) is 0 Å². The number of amides is 1. The molecular formula is C12H18N2OS. The summed E-state index contributed by atoms with van der Waals surface area (Å²) in [7, 11) is 0. The number of hydrogen-bond acceptors (Lipinski definition) is 3. The fourth-order valence-corrected chi connectivity index (χ4v) is 2.76. The second-order valence-corrected chi connectivity index (χ2v) is 5.50. The van der Waals surface area contributed by atoms with Gasteiger partial charge in [0.2, 0.25) is 0 Å². The van der Waals surface area contributed by atoms with Gasteiger partial charge in [0.1, 0.15) is 0 Å². The summed E-state index contributed by atoms with van der Waals surface area (Å²) in [5.41, 5.74) is 0. The van der Waals surface area contributed by atoms with E-state index >= 15 is 0 Å². The van der Waals surface area contributed by atoms with Gasteiger partial charge in [-0.1, -0.05) is 0 Å². The van der Waals surface area contributed by atoms with Crippen molar-refractivity contribution in [2.75, 3.05) is 26.2 Å². The van der Waals surface area contributed by atoms with Crippen LogP contribution in [-0.2, 0) is 0 Å². The number of nitrogens with zero attached hydrogens (tertiary/aromatic N) is 1. The molecule has 3 nitrogen and oxygen atoms in total. The predicted octanol–water partition coefficient (Wildman–Crippen LogP) is 1.88. The van der Waals surface area contributed by atoms with Crippen molar-refractivity contribution in [3.05, 3.63) is 21.9 Å². The largest absolute Gasteiger partial charge is 0.350 e. The smallest absolute Gasteiger partial charge is 0.261 e. The highest BCUT2D eigenvalue weighted by Crippen LogP contribution is 2.14. The van der Waals surface area contributed by atoms with Crippen LogP contribution in [0.2, 0.25) is 0 Å². The predicted molar refractivity (Wildman–Crippen MR) is 67.1 cm³/mol. The quantitative estimate of drug-likeness (QED) is 0.868. The molecule has 2 rings (SSSR count). The van der Waals surface area contributed by atoms with E-state index in [-0.39, 0.29) is 5.91 Å². The monoisotopic (exact) mass is 238 g/mol. The number of hydrogen-bond donors (Lipinski definition) is 1. The summed E-state index contributed by atoms with van der Waals surface area (Å²) >= 11 is 1.55. The molecule has 0 radical (unpaired) electrons. The Morgan fingerprint density at radius 2 is 2.19 bits per heavy atom. The van der Waals surface area contributed by atoms with Crippen molar-refractivity contribution in [1.82, 2.24) is 10.2 Å². The van der Waals surface area contributed by atoms with Gasteiger partial charge in [0.15, 0.2) is 0 Å². The summed E-state index contributed by atoms with van der Waals surface area (Å²) in [5.74, 6) is 0.0669. The second kappa shape index (κ2) is 5.46. The van der Waals surface area contributed by atoms with Crippen LogP contribution in [0.5, 0.6) is 0 Å². The minimum atomic E-state index is 0.0669. The average molecular weight is 238 g/mol. The van der Waals surface area contributed by atoms with E-state index in [2.05, 4.69) is 10.2 Å². The van der Waals surface area contributed by atoms with Crippen LogP contribution in [0.15, 0.2) is 12.1 Å². The van der Waals surface area contributed by atoms with Crippen LogP contribution in [0, 0.1) is 6.92 Å². The molecule has 1 aromatic heterocycles. The standard InChI is InChI=1S/C12H18N2OS/c1-10-4-5-11(16-10)12(15)13-6-9-14-7-2-3-8-14/h4-5H,2-3,6-9H2,1H3,(H,13,15). The zero-order valence-corrected chi connectivity index (χ0v) is 10.5. The SMILES string of the molecule is Cc1ccc(C(=O)NCCN2CCCC2)s1. The molecule has 4 heteroatoms. The Morgan fingerprint density at radius 3 is 2.81 bits per heavy atom. The van der Waals surface area contributed by atoms with E-state index in [0.717, 1.165) is 18.0 Å². The molecule has 1 saturated heterocycles. The van der Waals surface area contributed by atoms with Crippen LogP contribution in [0.4, 0.5) is 0 Å². The summed E-state index contributed by atoms with van der Waals surface area (Å²) in [4.78, 5) is 16.1. The third-order valence-electron chi connectivity index (χ3n) is 2.88. The van der Waals surface area contributed by atoms with Gasteiger partial charge in [0.25, 0.3) is 5.91 Å². The molecule has 1 aliphatic rings. The van der Waals surface area contributed by atoms with Crippen LogP contribution in [0.1, 0.15) is 27.4 Å². The summed E-state index contributed by atoms with van der Waals surface area (Å²) in [6.07, 6.45) is 2.61. The molecule has 1 fully saturated rings. The zero-order chi connectivity index (χ0) is 11.4. The Balaban J connectivity index is 1.71. The van der Waals surface area contributed by atoms with Crippen LogP contribution in [0.3, 0.4) is 0 Å². The number of carbonyl (C=O) groups is 1. The Morgan fingerprint density at radius 1 is 1.44 bits per heavy atom. The van der Waals surface area contributed by atoms with Gasteiger partial charge in [-0.15, -0.1) is 11.3 Å². The normalized spacial score (nSPS) is 16.6. The molecule has 1 aliphatic heterocycles. The fraction of sp³-hybridized carbons (Fsp3) is 0.583. The molecule has 0 unspecified atom stereocenters. The van der Waals surface area contributed by atoms with Crippen molar-refractivity contribution in [1.29, 1.82) is 0 Å². The second-order valence-electron chi connectivity index (χ2n) is 4.21.